The van der Waals surface area contributed by atoms with E-state index >= 15 is 0 Å². The minimum atomic E-state index is -0.0120. The first-order valence-corrected chi connectivity index (χ1v) is 18.1. The van der Waals surface area contributed by atoms with Gasteiger partial charge in [0.2, 0.25) is 0 Å². The van der Waals surface area contributed by atoms with Crippen molar-refractivity contribution in [2.45, 2.75) is 91.1 Å². The third kappa shape index (κ3) is 11.7. The third-order valence-corrected chi connectivity index (χ3v) is 10.2. The van der Waals surface area contributed by atoms with Gasteiger partial charge in [0, 0.05) is 30.2 Å². The molecule has 47 heavy (non-hydrogen) atoms. The van der Waals surface area contributed by atoms with Crippen molar-refractivity contribution in [2.24, 2.45) is 41.1 Å². The van der Waals surface area contributed by atoms with Gasteiger partial charge in [-0.25, -0.2) is 0 Å². The van der Waals surface area contributed by atoms with Crippen LogP contribution < -0.4 is 16.8 Å². The van der Waals surface area contributed by atoms with Gasteiger partial charge in [-0.05, 0) is 112 Å². The maximum absolute atomic E-state index is 6.41. The largest absolute Gasteiger partial charge is 0.382 e. The molecule has 0 fully saturated rings. The molecule has 3 nitrogen and oxygen atoms in total. The summed E-state index contributed by atoms with van der Waals surface area (Å²) in [6.45, 7) is 17.4. The summed E-state index contributed by atoms with van der Waals surface area (Å²) in [5.74, 6) is 2.27. The SMILES string of the molecule is C=C/C=C(\C=C/C)N[C@@H](C)C(/C=C/C=C\C(N)C(C=C)CC)CCC(C)C1=C2C=CC=CC2C(C2=CC(C/C=C\CN)=CCC2)CC1. The van der Waals surface area contributed by atoms with E-state index in [9.17, 15) is 0 Å². The molecule has 0 saturated heterocycles. The van der Waals surface area contributed by atoms with Crippen molar-refractivity contribution >= 4 is 0 Å². The van der Waals surface area contributed by atoms with E-state index in [2.05, 4.69) is 131 Å². The highest BCUT2D eigenvalue weighted by molar-refractivity contribution is 5.43. The van der Waals surface area contributed by atoms with Crippen LogP contribution in [-0.4, -0.2) is 18.6 Å². The van der Waals surface area contributed by atoms with Crippen molar-refractivity contribution in [3.05, 3.63) is 144 Å². The summed E-state index contributed by atoms with van der Waals surface area (Å²) >= 11 is 0. The monoisotopic (exact) mass is 634 g/mol. The Morgan fingerprint density at radius 1 is 1.06 bits per heavy atom. The lowest BCUT2D eigenvalue weighted by molar-refractivity contribution is 0.379. The van der Waals surface area contributed by atoms with Crippen molar-refractivity contribution in [1.29, 1.82) is 0 Å². The van der Waals surface area contributed by atoms with E-state index in [0.29, 0.717) is 36.1 Å². The van der Waals surface area contributed by atoms with Crippen molar-refractivity contribution in [3.63, 3.8) is 0 Å². The maximum Gasteiger partial charge on any atom is 0.0338 e. The number of nitrogens with two attached hydrogens (primary N) is 2. The summed E-state index contributed by atoms with van der Waals surface area (Å²) < 4.78 is 0. The van der Waals surface area contributed by atoms with Crippen molar-refractivity contribution in [3.8, 4) is 0 Å². The van der Waals surface area contributed by atoms with Gasteiger partial charge in [-0.15, -0.1) is 6.58 Å². The Morgan fingerprint density at radius 2 is 1.87 bits per heavy atom. The first kappa shape index (κ1) is 38.1. The Balaban J connectivity index is 1.78. The Kier molecular flexibility index (Phi) is 16.8. The van der Waals surface area contributed by atoms with Crippen LogP contribution in [0.2, 0.25) is 0 Å². The van der Waals surface area contributed by atoms with Crippen LogP contribution in [0.5, 0.6) is 0 Å². The highest BCUT2D eigenvalue weighted by atomic mass is 14.9. The van der Waals surface area contributed by atoms with E-state index in [1.165, 1.54) is 24.8 Å². The van der Waals surface area contributed by atoms with Crippen LogP contribution in [0.25, 0.3) is 0 Å². The Bertz CT molecular complexity index is 1320. The second-order valence-electron chi connectivity index (χ2n) is 13.4. The minimum absolute atomic E-state index is 0.0120. The van der Waals surface area contributed by atoms with E-state index in [1.54, 1.807) is 16.7 Å². The fourth-order valence-electron chi connectivity index (χ4n) is 7.45. The molecule has 0 heterocycles. The summed E-state index contributed by atoms with van der Waals surface area (Å²) in [7, 11) is 0. The molecule has 3 heteroatoms. The molecule has 5 N–H and O–H groups in total. The van der Waals surface area contributed by atoms with Gasteiger partial charge in [0.05, 0.1) is 0 Å². The predicted molar refractivity (Wildman–Crippen MR) is 208 cm³/mol. The summed E-state index contributed by atoms with van der Waals surface area (Å²) in [4.78, 5) is 0. The van der Waals surface area contributed by atoms with Crippen LogP contribution in [0.3, 0.4) is 0 Å². The van der Waals surface area contributed by atoms with Crippen LogP contribution in [0.15, 0.2) is 144 Å². The molecule has 0 saturated carbocycles. The smallest absolute Gasteiger partial charge is 0.0338 e. The molecule has 3 rings (SSSR count). The number of allylic oxidation sites excluding steroid dienone is 17. The lowest BCUT2D eigenvalue weighted by Crippen LogP contribution is -2.32. The van der Waals surface area contributed by atoms with Gasteiger partial charge in [-0.3, -0.25) is 0 Å². The molecule has 7 atom stereocenters. The lowest BCUT2D eigenvalue weighted by atomic mass is 9.66. The number of fused-ring (bicyclic) bond motifs is 1. The molecule has 0 amide bonds. The van der Waals surface area contributed by atoms with Crippen LogP contribution in [0.4, 0.5) is 0 Å². The molecule has 0 aromatic rings. The van der Waals surface area contributed by atoms with Gasteiger partial charge in [0.25, 0.3) is 0 Å². The highest BCUT2D eigenvalue weighted by Gasteiger charge is 2.33. The summed E-state index contributed by atoms with van der Waals surface area (Å²) in [6, 6.07) is 0.250. The van der Waals surface area contributed by atoms with Gasteiger partial charge >= 0.3 is 0 Å². The van der Waals surface area contributed by atoms with Crippen LogP contribution >= 0.6 is 0 Å². The second-order valence-corrected chi connectivity index (χ2v) is 13.4. The normalized spacial score (nSPS) is 23.6. The molecule has 0 aromatic carbocycles. The molecule has 254 valence electrons. The zero-order valence-corrected chi connectivity index (χ0v) is 29.8. The van der Waals surface area contributed by atoms with Crippen molar-refractivity contribution < 1.29 is 0 Å². The Hall–Kier alpha value is -3.40. The summed E-state index contributed by atoms with van der Waals surface area (Å²) in [5.41, 5.74) is 19.5. The third-order valence-electron chi connectivity index (χ3n) is 10.2. The van der Waals surface area contributed by atoms with Gasteiger partial charge in [0.1, 0.15) is 0 Å². The Labute approximate surface area is 287 Å². The molecule has 6 unspecified atom stereocenters. The average molecular weight is 634 g/mol. The van der Waals surface area contributed by atoms with Crippen LogP contribution in [0, 0.1) is 29.6 Å². The van der Waals surface area contributed by atoms with Gasteiger partial charge in [0.15, 0.2) is 0 Å². The quantitative estimate of drug-likeness (QED) is 0.0980. The molecular formula is C44H63N3. The Morgan fingerprint density at radius 3 is 2.60 bits per heavy atom. The molecule has 3 aliphatic rings. The zero-order chi connectivity index (χ0) is 34.0. The topological polar surface area (TPSA) is 64.1 Å². The van der Waals surface area contributed by atoms with E-state index in [4.69, 9.17) is 11.5 Å². The molecular weight excluding hydrogens is 571 g/mol. The standard InChI is InChI=1S/C44H63N3/c1-7-18-39(19-8-2)47-34(6)37(22-11-14-26-44(46)36(9-3)10-4)28-27-33(5)40-29-30-41(43-25-13-12-24-42(40)43)38-23-17-21-35(32-38)20-15-16-31-45/h7-9,11-16,18-19,21-22,24-26,32-34,36-37,41,43-44,47H,1,3,10,17,20,23,27-31,45-46H2,2,4-6H3/b16-15-,19-8-,22-11+,26-14-,39-18+/t33?,34-,36?,37?,41?,43?,44?/m0/s1. The molecule has 0 spiro atoms. The van der Waals surface area contributed by atoms with E-state index in [0.717, 1.165) is 37.8 Å². The van der Waals surface area contributed by atoms with Gasteiger partial charge < -0.3 is 16.8 Å². The van der Waals surface area contributed by atoms with Crippen LogP contribution in [0.1, 0.15) is 79.1 Å². The predicted octanol–water partition coefficient (Wildman–Crippen LogP) is 10.3. The lowest BCUT2D eigenvalue weighted by Gasteiger charge is -2.38. The molecule has 0 radical (unpaired) electrons. The number of rotatable bonds is 19. The average Bonchev–Trinajstić information content (AvgIpc) is 3.08. The molecule has 0 aromatic heterocycles. The fourth-order valence-corrected chi connectivity index (χ4v) is 7.45. The first-order chi connectivity index (χ1) is 22.9. The van der Waals surface area contributed by atoms with E-state index in [-0.39, 0.29) is 12.1 Å². The van der Waals surface area contributed by atoms with E-state index < -0.39 is 0 Å². The van der Waals surface area contributed by atoms with Crippen LogP contribution in [-0.2, 0) is 0 Å². The number of nitrogens with one attached hydrogen (secondary N) is 1. The zero-order valence-electron chi connectivity index (χ0n) is 29.8. The number of hydrogen-bond acceptors (Lipinski definition) is 3. The molecule has 0 bridgehead atoms. The highest BCUT2D eigenvalue weighted by Crippen LogP contribution is 2.46. The maximum atomic E-state index is 6.41. The first-order valence-electron chi connectivity index (χ1n) is 18.1. The second kappa shape index (κ2) is 20.8. The summed E-state index contributed by atoms with van der Waals surface area (Å²) in [6.07, 6.45) is 46.4. The van der Waals surface area contributed by atoms with Crippen molar-refractivity contribution in [1.82, 2.24) is 5.32 Å². The van der Waals surface area contributed by atoms with Gasteiger partial charge in [-0.2, -0.15) is 0 Å². The number of hydrogen-bond donors (Lipinski definition) is 3. The minimum Gasteiger partial charge on any atom is -0.382 e. The molecule has 3 aliphatic carbocycles. The summed E-state index contributed by atoms with van der Waals surface area (Å²) in [5, 5.41) is 3.75. The van der Waals surface area contributed by atoms with Crippen molar-refractivity contribution in [2.75, 3.05) is 6.54 Å². The van der Waals surface area contributed by atoms with Gasteiger partial charge in [-0.1, -0.05) is 123 Å². The fraction of sp³-hybridized carbons (Fsp3) is 0.455. The molecule has 0 aliphatic heterocycles. The van der Waals surface area contributed by atoms with E-state index in [1.807, 2.05) is 18.2 Å².